The van der Waals surface area contributed by atoms with Gasteiger partial charge in [-0.1, -0.05) is 35.4 Å². The molecule has 0 aromatic heterocycles. The van der Waals surface area contributed by atoms with Crippen molar-refractivity contribution in [3.05, 3.63) is 40.9 Å². The fraction of sp³-hybridized carbons (Fsp3) is 0.474. The molecule has 2 aliphatic rings. The monoisotopic (exact) mass is 346 g/mol. The molecule has 128 valence electrons. The maximum Gasteiger partial charge on any atom is 0.227 e. The van der Waals surface area contributed by atoms with E-state index in [-0.39, 0.29) is 24.2 Å². The lowest BCUT2D eigenvalue weighted by Crippen LogP contribution is -2.33. The summed E-state index contributed by atoms with van der Waals surface area (Å²) in [6.45, 7) is 1.05. The van der Waals surface area contributed by atoms with E-state index < -0.39 is 0 Å². The molecule has 1 aromatic carbocycles. The molecule has 3 rings (SSSR count). The van der Waals surface area contributed by atoms with Crippen LogP contribution < -0.4 is 10.2 Å². The highest BCUT2D eigenvalue weighted by molar-refractivity contribution is 6.33. The van der Waals surface area contributed by atoms with Gasteiger partial charge in [-0.2, -0.15) is 0 Å². The van der Waals surface area contributed by atoms with Gasteiger partial charge in [0.15, 0.2) is 0 Å². The van der Waals surface area contributed by atoms with Crippen molar-refractivity contribution in [1.82, 2.24) is 5.32 Å². The van der Waals surface area contributed by atoms with Crippen molar-refractivity contribution in [2.45, 2.75) is 38.5 Å². The second-order valence-electron chi connectivity index (χ2n) is 6.51. The average molecular weight is 347 g/mol. The number of benzene rings is 1. The van der Waals surface area contributed by atoms with E-state index in [1.54, 1.807) is 11.0 Å². The fourth-order valence-corrected chi connectivity index (χ4v) is 3.65. The lowest BCUT2D eigenvalue weighted by molar-refractivity contribution is -0.126. The molecule has 1 aliphatic heterocycles. The molecule has 1 heterocycles. The maximum absolute atomic E-state index is 12.4. The quantitative estimate of drug-likeness (QED) is 0.826. The highest BCUT2D eigenvalue weighted by atomic mass is 35.5. The van der Waals surface area contributed by atoms with Crippen LogP contribution in [-0.2, 0) is 9.59 Å². The van der Waals surface area contributed by atoms with Crippen molar-refractivity contribution in [3.63, 3.8) is 0 Å². The Morgan fingerprint density at radius 3 is 2.88 bits per heavy atom. The van der Waals surface area contributed by atoms with E-state index >= 15 is 0 Å². The maximum atomic E-state index is 12.4. The minimum absolute atomic E-state index is 0.0330. The second kappa shape index (κ2) is 7.84. The summed E-state index contributed by atoms with van der Waals surface area (Å²) in [5.41, 5.74) is 2.13. The molecule has 5 heteroatoms. The third-order valence-electron chi connectivity index (χ3n) is 4.77. The number of anilines is 1. The summed E-state index contributed by atoms with van der Waals surface area (Å²) in [5, 5.41) is 3.53. The van der Waals surface area contributed by atoms with Crippen molar-refractivity contribution < 1.29 is 9.59 Å². The first-order valence-corrected chi connectivity index (χ1v) is 9.03. The first-order chi connectivity index (χ1) is 11.6. The first kappa shape index (κ1) is 17.0. The van der Waals surface area contributed by atoms with Crippen LogP contribution in [0.2, 0.25) is 5.02 Å². The molecule has 2 amide bonds. The minimum Gasteiger partial charge on any atom is -0.355 e. The van der Waals surface area contributed by atoms with Crippen LogP contribution in [0, 0.1) is 5.92 Å². The van der Waals surface area contributed by atoms with Crippen molar-refractivity contribution in [2.75, 3.05) is 18.0 Å². The normalized spacial score (nSPS) is 20.9. The minimum atomic E-state index is -0.297. The number of rotatable bonds is 5. The van der Waals surface area contributed by atoms with Crippen molar-refractivity contribution in [3.8, 4) is 0 Å². The van der Waals surface area contributed by atoms with Gasteiger partial charge in [0.1, 0.15) is 0 Å². The number of carbonyl (C=O) groups is 2. The predicted molar refractivity (Wildman–Crippen MR) is 96.1 cm³/mol. The summed E-state index contributed by atoms with van der Waals surface area (Å²) in [7, 11) is 0. The number of para-hydroxylation sites is 1. The topological polar surface area (TPSA) is 49.4 Å². The Hall–Kier alpha value is -1.81. The van der Waals surface area contributed by atoms with E-state index in [1.807, 2.05) is 18.2 Å². The lowest BCUT2D eigenvalue weighted by atomic mass is 9.97. The van der Waals surface area contributed by atoms with E-state index in [2.05, 4.69) is 11.4 Å². The number of hydrogen-bond donors (Lipinski definition) is 1. The number of carbonyl (C=O) groups excluding carboxylic acids is 2. The van der Waals surface area contributed by atoms with E-state index in [9.17, 15) is 9.59 Å². The lowest BCUT2D eigenvalue weighted by Gasteiger charge is -2.18. The molecular formula is C19H23ClN2O2. The predicted octanol–water partition coefficient (Wildman–Crippen LogP) is 3.70. The van der Waals surface area contributed by atoms with E-state index in [0.717, 1.165) is 19.3 Å². The van der Waals surface area contributed by atoms with Gasteiger partial charge in [0.25, 0.3) is 0 Å². The van der Waals surface area contributed by atoms with Crippen LogP contribution >= 0.6 is 11.6 Å². The molecule has 1 unspecified atom stereocenters. The standard InChI is InChI=1S/C19H23ClN2O2/c20-16-8-4-5-9-17(16)22-13-15(12-18(22)23)19(24)21-11-10-14-6-2-1-3-7-14/h4-6,8-9,15H,1-3,7,10-13H2,(H,21,24). The summed E-state index contributed by atoms with van der Waals surface area (Å²) >= 11 is 6.17. The number of nitrogens with one attached hydrogen (secondary N) is 1. The van der Waals surface area contributed by atoms with Gasteiger partial charge >= 0.3 is 0 Å². The Balaban J connectivity index is 1.52. The van der Waals surface area contributed by atoms with Gasteiger partial charge in [0, 0.05) is 19.5 Å². The third-order valence-corrected chi connectivity index (χ3v) is 5.09. The van der Waals surface area contributed by atoms with Gasteiger partial charge < -0.3 is 10.2 Å². The van der Waals surface area contributed by atoms with Gasteiger partial charge in [-0.05, 0) is 44.2 Å². The molecule has 1 fully saturated rings. The van der Waals surface area contributed by atoms with E-state index in [4.69, 9.17) is 11.6 Å². The van der Waals surface area contributed by atoms with Crippen molar-refractivity contribution in [2.24, 2.45) is 5.92 Å². The number of nitrogens with zero attached hydrogens (tertiary/aromatic N) is 1. The van der Waals surface area contributed by atoms with Crippen LogP contribution in [0.5, 0.6) is 0 Å². The molecule has 1 aliphatic carbocycles. The Bertz CT molecular complexity index is 657. The molecular weight excluding hydrogens is 324 g/mol. The summed E-state index contributed by atoms with van der Waals surface area (Å²) in [6, 6.07) is 7.25. The number of amides is 2. The number of hydrogen-bond acceptors (Lipinski definition) is 2. The molecule has 24 heavy (non-hydrogen) atoms. The zero-order valence-corrected chi connectivity index (χ0v) is 14.5. The van der Waals surface area contributed by atoms with Gasteiger partial charge in [-0.3, -0.25) is 9.59 Å². The van der Waals surface area contributed by atoms with Crippen LogP contribution in [0.25, 0.3) is 0 Å². The van der Waals surface area contributed by atoms with E-state index in [1.165, 1.54) is 18.4 Å². The van der Waals surface area contributed by atoms with Gasteiger partial charge in [-0.15, -0.1) is 0 Å². The van der Waals surface area contributed by atoms with E-state index in [0.29, 0.717) is 23.8 Å². The van der Waals surface area contributed by atoms with Crippen LogP contribution in [-0.4, -0.2) is 24.9 Å². The second-order valence-corrected chi connectivity index (χ2v) is 6.91. The highest BCUT2D eigenvalue weighted by Gasteiger charge is 2.35. The first-order valence-electron chi connectivity index (χ1n) is 8.65. The average Bonchev–Trinajstić information content (AvgIpc) is 2.98. The summed E-state index contributed by atoms with van der Waals surface area (Å²) < 4.78 is 0. The largest absolute Gasteiger partial charge is 0.355 e. The highest BCUT2D eigenvalue weighted by Crippen LogP contribution is 2.31. The Labute approximate surface area is 147 Å². The molecule has 0 saturated carbocycles. The van der Waals surface area contributed by atoms with Gasteiger partial charge in [0.05, 0.1) is 16.6 Å². The summed E-state index contributed by atoms with van der Waals surface area (Å²) in [6.07, 6.45) is 8.31. The summed E-state index contributed by atoms with van der Waals surface area (Å²) in [5.74, 6) is -0.373. The van der Waals surface area contributed by atoms with Gasteiger partial charge in [-0.25, -0.2) is 0 Å². The molecule has 4 nitrogen and oxygen atoms in total. The molecule has 0 spiro atoms. The zero-order valence-electron chi connectivity index (χ0n) is 13.8. The number of allylic oxidation sites excluding steroid dienone is 1. The Morgan fingerprint density at radius 2 is 2.12 bits per heavy atom. The molecule has 0 radical (unpaired) electrons. The molecule has 0 bridgehead atoms. The smallest absolute Gasteiger partial charge is 0.227 e. The third kappa shape index (κ3) is 3.99. The van der Waals surface area contributed by atoms with Crippen LogP contribution in [0.3, 0.4) is 0 Å². The zero-order chi connectivity index (χ0) is 16.9. The van der Waals surface area contributed by atoms with Crippen molar-refractivity contribution in [1.29, 1.82) is 0 Å². The Kier molecular flexibility index (Phi) is 5.56. The van der Waals surface area contributed by atoms with Crippen LogP contribution in [0.1, 0.15) is 38.5 Å². The van der Waals surface area contributed by atoms with Crippen molar-refractivity contribution >= 4 is 29.1 Å². The molecule has 1 saturated heterocycles. The fourth-order valence-electron chi connectivity index (χ4n) is 3.41. The van der Waals surface area contributed by atoms with Crippen LogP contribution in [0.4, 0.5) is 5.69 Å². The number of halogens is 1. The Morgan fingerprint density at radius 1 is 1.29 bits per heavy atom. The van der Waals surface area contributed by atoms with Crippen LogP contribution in [0.15, 0.2) is 35.9 Å². The SMILES string of the molecule is O=C(NCCC1=CCCCC1)C1CC(=O)N(c2ccccc2Cl)C1. The molecule has 1 aromatic rings. The van der Waals surface area contributed by atoms with Gasteiger partial charge in [0.2, 0.25) is 11.8 Å². The summed E-state index contributed by atoms with van der Waals surface area (Å²) in [4.78, 5) is 26.2. The molecule has 1 N–H and O–H groups in total. The molecule has 1 atom stereocenters.